The molecule has 0 bridgehead atoms. The van der Waals surface area contributed by atoms with Gasteiger partial charge >= 0.3 is 6.08 Å². The lowest BCUT2D eigenvalue weighted by Crippen LogP contribution is -2.24. The van der Waals surface area contributed by atoms with E-state index in [4.69, 9.17) is 10.5 Å². The molecule has 0 saturated heterocycles. The van der Waals surface area contributed by atoms with Gasteiger partial charge in [0.15, 0.2) is 17.0 Å². The molecule has 2 aromatic heterocycles. The maximum absolute atomic E-state index is 13.8. The SMILES string of the molecule is CC(C)NCCCn1c(Cc2cc3c(cc2[124I])CCO3)nc2c(N)nc(F)nc21. The summed E-state index contributed by atoms with van der Waals surface area (Å²) in [7, 11) is 0. The molecule has 1 aromatic carbocycles. The minimum atomic E-state index is -0.830. The third-order valence-electron chi connectivity index (χ3n) is 4.99. The van der Waals surface area contributed by atoms with Crippen LogP contribution in [0, 0.1) is 9.65 Å². The number of ether oxygens (including phenoxy) is 1. The molecule has 0 radical (unpaired) electrons. The van der Waals surface area contributed by atoms with E-state index in [1.54, 1.807) is 0 Å². The molecular weight excluding hydrogens is 483 g/mol. The first-order valence-electron chi connectivity index (χ1n) is 9.78. The number of fused-ring (bicyclic) bond motifs is 2. The van der Waals surface area contributed by atoms with Crippen molar-refractivity contribution in [1.29, 1.82) is 0 Å². The first-order valence-corrected chi connectivity index (χ1v) is 10.9. The van der Waals surface area contributed by atoms with Crippen molar-refractivity contribution in [1.82, 2.24) is 24.8 Å². The van der Waals surface area contributed by atoms with Crippen LogP contribution in [0.3, 0.4) is 0 Å². The van der Waals surface area contributed by atoms with Gasteiger partial charge < -0.3 is 20.4 Å². The van der Waals surface area contributed by atoms with E-state index in [2.05, 4.69) is 68.8 Å². The van der Waals surface area contributed by atoms with Crippen molar-refractivity contribution in [3.05, 3.63) is 38.7 Å². The minimum absolute atomic E-state index is 0.0692. The van der Waals surface area contributed by atoms with Gasteiger partial charge in [-0.15, -0.1) is 0 Å². The number of nitrogen functional groups attached to an aromatic ring is 1. The molecule has 4 rings (SSSR count). The van der Waals surface area contributed by atoms with E-state index >= 15 is 0 Å². The first kappa shape index (κ1) is 20.3. The number of nitrogens with zero attached hydrogens (tertiary/aromatic N) is 4. The monoisotopic (exact) mass is 507 g/mol. The Labute approximate surface area is 182 Å². The maximum Gasteiger partial charge on any atom is 0.312 e. The molecule has 9 heteroatoms. The molecule has 154 valence electrons. The molecule has 0 atom stereocenters. The zero-order valence-electron chi connectivity index (χ0n) is 16.5. The Morgan fingerprint density at radius 2 is 2.14 bits per heavy atom. The molecule has 0 saturated carbocycles. The molecule has 0 unspecified atom stereocenters. The maximum atomic E-state index is 13.8. The zero-order chi connectivity index (χ0) is 20.5. The van der Waals surface area contributed by atoms with Gasteiger partial charge in [-0.1, -0.05) is 13.8 Å². The fourth-order valence-corrected chi connectivity index (χ4v) is 4.30. The van der Waals surface area contributed by atoms with E-state index in [1.165, 1.54) is 5.56 Å². The minimum Gasteiger partial charge on any atom is -0.493 e. The summed E-state index contributed by atoms with van der Waals surface area (Å²) < 4.78 is 22.7. The molecule has 29 heavy (non-hydrogen) atoms. The van der Waals surface area contributed by atoms with Gasteiger partial charge in [0.1, 0.15) is 11.6 Å². The van der Waals surface area contributed by atoms with E-state index in [9.17, 15) is 4.39 Å². The Morgan fingerprint density at radius 3 is 2.93 bits per heavy atom. The topological polar surface area (TPSA) is 90.9 Å². The molecular formula is C20H24FIN6O. The molecule has 0 aliphatic carbocycles. The Morgan fingerprint density at radius 1 is 1.31 bits per heavy atom. The summed E-state index contributed by atoms with van der Waals surface area (Å²) >= 11 is 2.35. The Bertz CT molecular complexity index is 1050. The predicted octanol–water partition coefficient (Wildman–Crippen LogP) is 3.07. The number of aromatic nitrogens is 4. The lowest BCUT2D eigenvalue weighted by Gasteiger charge is -2.12. The van der Waals surface area contributed by atoms with Crippen molar-refractivity contribution in [2.75, 3.05) is 18.9 Å². The average molecular weight is 507 g/mol. The van der Waals surface area contributed by atoms with Crippen molar-refractivity contribution in [2.45, 2.75) is 45.7 Å². The van der Waals surface area contributed by atoms with Crippen molar-refractivity contribution < 1.29 is 9.13 Å². The second-order valence-corrected chi connectivity index (χ2v) is 8.68. The molecule has 1 aliphatic rings. The van der Waals surface area contributed by atoms with Crippen LogP contribution in [0.5, 0.6) is 5.75 Å². The summed E-state index contributed by atoms with van der Waals surface area (Å²) in [4.78, 5) is 12.3. The highest BCUT2D eigenvalue weighted by atomic mass is 124. The van der Waals surface area contributed by atoms with Crippen LogP contribution in [0.25, 0.3) is 11.2 Å². The number of halogens is 2. The molecule has 0 fully saturated rings. The van der Waals surface area contributed by atoms with Gasteiger partial charge in [0, 0.05) is 29.0 Å². The number of nitrogens with one attached hydrogen (secondary N) is 1. The van der Waals surface area contributed by atoms with Gasteiger partial charge in [0.25, 0.3) is 0 Å². The number of benzene rings is 1. The molecule has 3 heterocycles. The second-order valence-electron chi connectivity index (χ2n) is 7.52. The van der Waals surface area contributed by atoms with Crippen molar-refractivity contribution >= 4 is 39.6 Å². The van der Waals surface area contributed by atoms with Gasteiger partial charge in [-0.2, -0.15) is 14.4 Å². The highest BCUT2D eigenvalue weighted by molar-refractivity contribution is 14.1. The van der Waals surface area contributed by atoms with E-state index in [0.717, 1.165) is 46.7 Å². The summed E-state index contributed by atoms with van der Waals surface area (Å²) in [5, 5.41) is 3.40. The second kappa shape index (κ2) is 8.39. The summed E-state index contributed by atoms with van der Waals surface area (Å²) in [6.07, 6.45) is 1.57. The van der Waals surface area contributed by atoms with Crippen molar-refractivity contribution in [3.63, 3.8) is 0 Å². The quantitative estimate of drug-likeness (QED) is 0.290. The van der Waals surface area contributed by atoms with Crippen LogP contribution >= 0.6 is 22.6 Å². The van der Waals surface area contributed by atoms with Gasteiger partial charge in [-0.3, -0.25) is 0 Å². The molecule has 1 aliphatic heterocycles. The summed E-state index contributed by atoms with van der Waals surface area (Å²) in [5.41, 5.74) is 9.19. The third-order valence-corrected chi connectivity index (χ3v) is 6.00. The number of aryl methyl sites for hydroxylation is 1. The number of anilines is 1. The van der Waals surface area contributed by atoms with E-state index in [0.29, 0.717) is 30.2 Å². The highest BCUT2D eigenvalue weighted by Crippen LogP contribution is 2.31. The standard InChI is InChI=1S/C20H24FIN6O/c1-11(2)24-5-3-6-28-16(25-17-18(23)26-20(21)27-19(17)28)10-13-9-15-12(4-7-29-15)8-14(13)22/h8-9,11,24H,3-7,10H2,1-2H3,(H2,23,26,27)/i22-3. The molecule has 3 aromatic rings. The van der Waals surface area contributed by atoms with Crippen LogP contribution in [-0.2, 0) is 19.4 Å². The number of hydrogen-bond acceptors (Lipinski definition) is 6. The largest absolute Gasteiger partial charge is 0.493 e. The fourth-order valence-electron chi connectivity index (χ4n) is 3.58. The lowest BCUT2D eigenvalue weighted by molar-refractivity contribution is 0.356. The van der Waals surface area contributed by atoms with Crippen LogP contribution in [0.4, 0.5) is 10.2 Å². The van der Waals surface area contributed by atoms with Crippen LogP contribution in [-0.4, -0.2) is 38.7 Å². The first-order chi connectivity index (χ1) is 13.9. The highest BCUT2D eigenvalue weighted by Gasteiger charge is 2.20. The van der Waals surface area contributed by atoms with Gasteiger partial charge in [0.05, 0.1) is 6.61 Å². The van der Waals surface area contributed by atoms with Crippen LogP contribution in [0.1, 0.15) is 37.2 Å². The zero-order valence-corrected chi connectivity index (χ0v) is 18.7. The Kier molecular flexibility index (Phi) is 5.86. The van der Waals surface area contributed by atoms with Gasteiger partial charge in [0.2, 0.25) is 0 Å². The van der Waals surface area contributed by atoms with Crippen LogP contribution < -0.4 is 15.8 Å². The number of hydrogen-bond donors (Lipinski definition) is 2. The third kappa shape index (κ3) is 4.30. The lowest BCUT2D eigenvalue weighted by atomic mass is 10.1. The van der Waals surface area contributed by atoms with E-state index < -0.39 is 6.08 Å². The summed E-state index contributed by atoms with van der Waals surface area (Å²) in [5.74, 6) is 1.81. The predicted molar refractivity (Wildman–Crippen MR) is 119 cm³/mol. The van der Waals surface area contributed by atoms with Gasteiger partial charge in [-0.25, -0.2) is 4.98 Å². The number of nitrogens with two attached hydrogens (primary N) is 1. The molecule has 7 nitrogen and oxygen atoms in total. The Balaban J connectivity index is 1.69. The summed E-state index contributed by atoms with van der Waals surface area (Å²) in [6, 6.07) is 4.67. The number of rotatable bonds is 7. The molecule has 0 spiro atoms. The van der Waals surface area contributed by atoms with Crippen molar-refractivity contribution in [3.8, 4) is 5.75 Å². The fraction of sp³-hybridized carbons (Fsp3) is 0.450. The molecule has 3 N–H and O–H groups in total. The number of imidazole rings is 1. The van der Waals surface area contributed by atoms with E-state index in [-0.39, 0.29) is 5.82 Å². The molecule has 0 amide bonds. The van der Waals surface area contributed by atoms with Crippen LogP contribution in [0.2, 0.25) is 0 Å². The van der Waals surface area contributed by atoms with Crippen molar-refractivity contribution in [2.24, 2.45) is 0 Å². The smallest absolute Gasteiger partial charge is 0.312 e. The average Bonchev–Trinajstić information content (AvgIpc) is 3.23. The summed E-state index contributed by atoms with van der Waals surface area (Å²) in [6.45, 7) is 6.46. The van der Waals surface area contributed by atoms with E-state index in [1.807, 2.05) is 4.57 Å². The van der Waals surface area contributed by atoms with Crippen LogP contribution in [0.15, 0.2) is 12.1 Å². The normalized spacial score (nSPS) is 13.3. The Hall–Kier alpha value is -2.01. The van der Waals surface area contributed by atoms with Gasteiger partial charge in [-0.05, 0) is 58.8 Å².